The van der Waals surface area contributed by atoms with Crippen LogP contribution in [-0.4, -0.2) is 46.6 Å². The Hall–Kier alpha value is -1.01. The van der Waals surface area contributed by atoms with E-state index in [2.05, 4.69) is 46.0 Å². The number of nitrogens with one attached hydrogen (secondary N) is 1. The van der Waals surface area contributed by atoms with E-state index in [-0.39, 0.29) is 0 Å². The quantitative estimate of drug-likeness (QED) is 0.904. The van der Waals surface area contributed by atoms with Gasteiger partial charge in [0.05, 0.1) is 0 Å². The summed E-state index contributed by atoms with van der Waals surface area (Å²) in [6.45, 7) is 10.6. The lowest BCUT2D eigenvalue weighted by Gasteiger charge is -2.33. The second-order valence-corrected chi connectivity index (χ2v) is 6.32. The number of allylic oxidation sites excluding steroid dienone is 1. The van der Waals surface area contributed by atoms with E-state index >= 15 is 0 Å². The van der Waals surface area contributed by atoms with Crippen LogP contribution in [0.5, 0.6) is 0 Å². The molecular formula is C17H29N3OS. The number of nitrogens with zero attached hydrogens (tertiary/aromatic N) is 2. The minimum Gasteiger partial charge on any atom is -0.296 e. The summed E-state index contributed by atoms with van der Waals surface area (Å²) in [5.74, 6) is 0. The fraction of sp³-hybridized carbons (Fsp3) is 0.529. The van der Waals surface area contributed by atoms with E-state index in [1.54, 1.807) is 7.05 Å². The molecule has 1 aromatic carbocycles. The molecule has 0 saturated carbocycles. The minimum atomic E-state index is -1.03. The van der Waals surface area contributed by atoms with Gasteiger partial charge in [-0.25, -0.2) is 13.2 Å². The van der Waals surface area contributed by atoms with E-state index in [9.17, 15) is 4.21 Å². The first-order chi connectivity index (χ1) is 10.7. The van der Waals surface area contributed by atoms with Crippen LogP contribution in [0.2, 0.25) is 0 Å². The van der Waals surface area contributed by atoms with Gasteiger partial charge in [-0.15, -0.1) is 0 Å². The summed E-state index contributed by atoms with van der Waals surface area (Å²) in [5, 5.41) is 0. The summed E-state index contributed by atoms with van der Waals surface area (Å²) in [5.41, 5.74) is 2.58. The van der Waals surface area contributed by atoms with Crippen LogP contribution < -0.4 is 4.72 Å². The van der Waals surface area contributed by atoms with Gasteiger partial charge in [0.15, 0.2) is 11.2 Å². The highest BCUT2D eigenvalue weighted by Crippen LogP contribution is 2.11. The lowest BCUT2D eigenvalue weighted by atomic mass is 10.1. The van der Waals surface area contributed by atoms with Crippen molar-refractivity contribution < 1.29 is 4.21 Å². The van der Waals surface area contributed by atoms with Gasteiger partial charge in [-0.2, -0.15) is 0 Å². The molecule has 0 spiro atoms. The largest absolute Gasteiger partial charge is 0.296 e. The molecule has 0 aliphatic carbocycles. The van der Waals surface area contributed by atoms with Crippen LogP contribution in [0.1, 0.15) is 31.9 Å². The van der Waals surface area contributed by atoms with Gasteiger partial charge in [0, 0.05) is 32.7 Å². The molecule has 0 amide bonds. The lowest BCUT2D eigenvalue weighted by Crippen LogP contribution is -2.48. The van der Waals surface area contributed by atoms with Crippen LogP contribution >= 0.6 is 0 Å². The Balaban J connectivity index is 0.00000116. The molecule has 1 unspecified atom stereocenters. The van der Waals surface area contributed by atoms with Gasteiger partial charge in [-0.3, -0.25) is 4.90 Å². The zero-order valence-electron chi connectivity index (χ0n) is 14.2. The van der Waals surface area contributed by atoms with Crippen LogP contribution in [0.4, 0.5) is 0 Å². The molecule has 4 nitrogen and oxygen atoms in total. The second kappa shape index (κ2) is 10.7. The van der Waals surface area contributed by atoms with E-state index < -0.39 is 11.2 Å². The van der Waals surface area contributed by atoms with Crippen molar-refractivity contribution >= 4 is 17.2 Å². The normalized spacial score (nSPS) is 18.0. The highest BCUT2D eigenvalue weighted by atomic mass is 32.2. The van der Waals surface area contributed by atoms with Crippen molar-refractivity contribution in [1.29, 1.82) is 0 Å². The molecule has 124 valence electrons. The summed E-state index contributed by atoms with van der Waals surface area (Å²) >= 11 is -1.03. The third kappa shape index (κ3) is 6.01. The average Bonchev–Trinajstić information content (AvgIpc) is 2.59. The monoisotopic (exact) mass is 323 g/mol. The fourth-order valence-electron chi connectivity index (χ4n) is 2.37. The summed E-state index contributed by atoms with van der Waals surface area (Å²) in [4.78, 5) is 2.41. The Morgan fingerprint density at radius 1 is 1.14 bits per heavy atom. The van der Waals surface area contributed by atoms with Crippen molar-refractivity contribution in [1.82, 2.24) is 13.9 Å². The van der Waals surface area contributed by atoms with E-state index in [1.165, 1.54) is 11.1 Å². The first-order valence-corrected chi connectivity index (χ1v) is 9.12. The molecule has 0 aromatic heterocycles. The highest BCUT2D eigenvalue weighted by Gasteiger charge is 2.20. The van der Waals surface area contributed by atoms with Gasteiger partial charge in [0.1, 0.15) is 0 Å². The maximum absolute atomic E-state index is 11.6. The van der Waals surface area contributed by atoms with Crippen molar-refractivity contribution in [2.24, 2.45) is 0 Å². The van der Waals surface area contributed by atoms with Crippen LogP contribution in [0, 0.1) is 0 Å². The van der Waals surface area contributed by atoms with Crippen molar-refractivity contribution in [2.45, 2.75) is 27.3 Å². The first-order valence-electron chi connectivity index (χ1n) is 8.01. The fourth-order valence-corrected chi connectivity index (χ4v) is 3.12. The Morgan fingerprint density at radius 3 is 2.23 bits per heavy atom. The summed E-state index contributed by atoms with van der Waals surface area (Å²) in [6.07, 6.45) is 4.16. The molecule has 1 aliphatic heterocycles. The van der Waals surface area contributed by atoms with Crippen LogP contribution in [0.3, 0.4) is 0 Å². The van der Waals surface area contributed by atoms with Gasteiger partial charge in [0.25, 0.3) is 0 Å². The summed E-state index contributed by atoms with van der Waals surface area (Å²) < 4.78 is 16.4. The summed E-state index contributed by atoms with van der Waals surface area (Å²) in [7, 11) is 1.73. The molecule has 1 aliphatic rings. The molecule has 1 fully saturated rings. The predicted molar refractivity (Wildman–Crippen MR) is 96.6 cm³/mol. The SMILES string of the molecule is C/C=C/c1ccc(CN2CCN(S(=O)NC)CC2)cc1.CC. The van der Waals surface area contributed by atoms with Crippen LogP contribution in [0.25, 0.3) is 6.08 Å². The first kappa shape index (κ1) is 19.0. The molecule has 1 N–H and O–H groups in total. The number of benzene rings is 1. The van der Waals surface area contributed by atoms with Gasteiger partial charge in [-0.1, -0.05) is 50.3 Å². The minimum absolute atomic E-state index is 0.851. The van der Waals surface area contributed by atoms with Gasteiger partial charge >= 0.3 is 0 Å². The Labute approximate surface area is 137 Å². The third-order valence-electron chi connectivity index (χ3n) is 3.49. The topological polar surface area (TPSA) is 35.6 Å². The Kier molecular flexibility index (Phi) is 9.24. The molecule has 0 radical (unpaired) electrons. The Bertz CT molecular complexity index is 465. The molecule has 0 bridgehead atoms. The van der Waals surface area contributed by atoms with Crippen molar-refractivity contribution in [3.05, 3.63) is 41.5 Å². The summed E-state index contributed by atoms with van der Waals surface area (Å²) in [6, 6.07) is 8.68. The van der Waals surface area contributed by atoms with Crippen molar-refractivity contribution in [2.75, 3.05) is 33.2 Å². The molecule has 2 rings (SSSR count). The standard InChI is InChI=1S/C15H23N3OS.C2H6/c1-3-4-14-5-7-15(8-6-14)13-17-9-11-18(12-10-17)20(19)16-2;1-2/h3-8,16H,9-13H2,1-2H3;1-2H3/b4-3+;. The maximum Gasteiger partial charge on any atom is 0.169 e. The zero-order chi connectivity index (χ0) is 16.4. The van der Waals surface area contributed by atoms with E-state index in [4.69, 9.17) is 0 Å². The van der Waals surface area contributed by atoms with E-state index in [0.717, 1.165) is 32.7 Å². The van der Waals surface area contributed by atoms with Crippen molar-refractivity contribution in [3.63, 3.8) is 0 Å². The molecule has 1 saturated heterocycles. The van der Waals surface area contributed by atoms with Gasteiger partial charge in [-0.05, 0) is 25.1 Å². The molecule has 1 atom stereocenters. The molecule has 1 heterocycles. The smallest absolute Gasteiger partial charge is 0.169 e. The lowest BCUT2D eigenvalue weighted by molar-refractivity contribution is 0.185. The highest BCUT2D eigenvalue weighted by molar-refractivity contribution is 7.80. The number of hydrogen-bond donors (Lipinski definition) is 1. The van der Waals surface area contributed by atoms with Crippen LogP contribution in [0.15, 0.2) is 30.3 Å². The average molecular weight is 324 g/mol. The van der Waals surface area contributed by atoms with Crippen LogP contribution in [-0.2, 0) is 17.7 Å². The number of rotatable bonds is 5. The number of hydrogen-bond acceptors (Lipinski definition) is 2. The molecule has 1 aromatic rings. The van der Waals surface area contributed by atoms with Gasteiger partial charge in [0.2, 0.25) is 0 Å². The number of piperazine rings is 1. The second-order valence-electron chi connectivity index (χ2n) is 4.90. The molecule has 5 heteroatoms. The molecule has 22 heavy (non-hydrogen) atoms. The Morgan fingerprint density at radius 2 is 1.73 bits per heavy atom. The molecular weight excluding hydrogens is 294 g/mol. The van der Waals surface area contributed by atoms with E-state index in [0.29, 0.717) is 0 Å². The van der Waals surface area contributed by atoms with E-state index in [1.807, 2.05) is 25.1 Å². The predicted octanol–water partition coefficient (Wildman–Crippen LogP) is 2.66. The van der Waals surface area contributed by atoms with Gasteiger partial charge < -0.3 is 0 Å². The third-order valence-corrected chi connectivity index (χ3v) is 4.67. The van der Waals surface area contributed by atoms with Crippen molar-refractivity contribution in [3.8, 4) is 0 Å². The maximum atomic E-state index is 11.6. The zero-order valence-corrected chi connectivity index (χ0v) is 15.0.